The number of aryl methyl sites for hydroxylation is 1. The third kappa shape index (κ3) is 3.81. The van der Waals surface area contributed by atoms with Gasteiger partial charge < -0.3 is 10.3 Å². The van der Waals surface area contributed by atoms with Crippen molar-refractivity contribution in [1.29, 1.82) is 0 Å². The third-order valence-electron chi connectivity index (χ3n) is 3.59. The summed E-state index contributed by atoms with van der Waals surface area (Å²) >= 11 is 1.70. The SMILES string of the molecule is Cc1ccc(CSc2nnc(-c3ccccc3)n2CCN)cc1. The van der Waals surface area contributed by atoms with Crippen molar-refractivity contribution in [1.82, 2.24) is 14.8 Å². The first-order valence-corrected chi connectivity index (χ1v) is 8.63. The van der Waals surface area contributed by atoms with E-state index >= 15 is 0 Å². The van der Waals surface area contributed by atoms with E-state index in [1.807, 2.05) is 30.3 Å². The number of thioether (sulfide) groups is 1. The zero-order valence-electron chi connectivity index (χ0n) is 13.1. The fraction of sp³-hybridized carbons (Fsp3) is 0.222. The maximum Gasteiger partial charge on any atom is 0.191 e. The van der Waals surface area contributed by atoms with Crippen LogP contribution in [-0.2, 0) is 12.3 Å². The van der Waals surface area contributed by atoms with Crippen molar-refractivity contribution in [3.8, 4) is 11.4 Å². The van der Waals surface area contributed by atoms with Crippen LogP contribution in [0.25, 0.3) is 11.4 Å². The standard InChI is InChI=1S/C18H20N4S/c1-14-7-9-15(10-8-14)13-23-18-21-20-17(22(18)12-11-19)16-5-3-2-4-6-16/h2-10H,11-13,19H2,1H3. The summed E-state index contributed by atoms with van der Waals surface area (Å²) in [7, 11) is 0. The second-order valence-electron chi connectivity index (χ2n) is 5.39. The molecule has 3 rings (SSSR count). The lowest BCUT2D eigenvalue weighted by Crippen LogP contribution is -2.12. The Morgan fingerprint density at radius 2 is 1.74 bits per heavy atom. The lowest BCUT2D eigenvalue weighted by molar-refractivity contribution is 0.649. The molecule has 2 N–H and O–H groups in total. The number of hydrogen-bond acceptors (Lipinski definition) is 4. The summed E-state index contributed by atoms with van der Waals surface area (Å²) in [5, 5.41) is 9.64. The molecule has 0 amide bonds. The quantitative estimate of drug-likeness (QED) is 0.705. The van der Waals surface area contributed by atoms with Gasteiger partial charge >= 0.3 is 0 Å². The van der Waals surface area contributed by atoms with Gasteiger partial charge in [-0.2, -0.15) is 0 Å². The average molecular weight is 324 g/mol. The third-order valence-corrected chi connectivity index (χ3v) is 4.63. The smallest absolute Gasteiger partial charge is 0.191 e. The van der Waals surface area contributed by atoms with E-state index in [1.165, 1.54) is 11.1 Å². The largest absolute Gasteiger partial charge is 0.329 e. The number of aromatic nitrogens is 3. The van der Waals surface area contributed by atoms with Gasteiger partial charge in [-0.15, -0.1) is 10.2 Å². The number of nitrogens with zero attached hydrogens (tertiary/aromatic N) is 3. The Balaban J connectivity index is 1.82. The molecule has 0 saturated carbocycles. The lowest BCUT2D eigenvalue weighted by Gasteiger charge is -2.09. The van der Waals surface area contributed by atoms with Crippen LogP contribution in [0.2, 0.25) is 0 Å². The molecular weight excluding hydrogens is 304 g/mol. The minimum absolute atomic E-state index is 0.565. The highest BCUT2D eigenvalue weighted by Gasteiger charge is 2.13. The zero-order valence-corrected chi connectivity index (χ0v) is 14.0. The Kier molecular flexibility index (Phi) is 5.10. The molecule has 0 radical (unpaired) electrons. The molecule has 0 atom stereocenters. The van der Waals surface area contributed by atoms with Crippen LogP contribution in [-0.4, -0.2) is 21.3 Å². The molecule has 0 unspecified atom stereocenters. The molecule has 0 aliphatic heterocycles. The van der Waals surface area contributed by atoms with E-state index in [4.69, 9.17) is 5.73 Å². The van der Waals surface area contributed by atoms with Gasteiger partial charge in [0.15, 0.2) is 11.0 Å². The van der Waals surface area contributed by atoms with Gasteiger partial charge in [-0.1, -0.05) is 71.9 Å². The summed E-state index contributed by atoms with van der Waals surface area (Å²) in [5.41, 5.74) is 9.40. The molecule has 0 aliphatic rings. The summed E-state index contributed by atoms with van der Waals surface area (Å²) in [4.78, 5) is 0. The fourth-order valence-corrected chi connectivity index (χ4v) is 3.28. The highest BCUT2D eigenvalue weighted by atomic mass is 32.2. The Labute approximate surface area is 140 Å². The first-order valence-electron chi connectivity index (χ1n) is 7.65. The van der Waals surface area contributed by atoms with E-state index in [2.05, 4.69) is 46.0 Å². The summed E-state index contributed by atoms with van der Waals surface area (Å²) in [6, 6.07) is 18.7. The Hall–Kier alpha value is -2.11. The molecule has 0 fully saturated rings. The second kappa shape index (κ2) is 7.44. The van der Waals surface area contributed by atoms with Crippen LogP contribution in [0.1, 0.15) is 11.1 Å². The predicted octanol–water partition coefficient (Wildman–Crippen LogP) is 3.50. The summed E-state index contributed by atoms with van der Waals surface area (Å²) in [6.07, 6.45) is 0. The van der Waals surface area contributed by atoms with Crippen molar-refractivity contribution in [2.24, 2.45) is 5.73 Å². The van der Waals surface area contributed by atoms with Crippen molar-refractivity contribution in [3.63, 3.8) is 0 Å². The van der Waals surface area contributed by atoms with Crippen molar-refractivity contribution in [2.75, 3.05) is 6.54 Å². The summed E-state index contributed by atoms with van der Waals surface area (Å²) in [6.45, 7) is 3.38. The van der Waals surface area contributed by atoms with Gasteiger partial charge in [-0.25, -0.2) is 0 Å². The van der Waals surface area contributed by atoms with Crippen LogP contribution < -0.4 is 5.73 Å². The van der Waals surface area contributed by atoms with E-state index in [-0.39, 0.29) is 0 Å². The Bertz CT molecular complexity index is 750. The average Bonchev–Trinajstić information content (AvgIpc) is 2.98. The Morgan fingerprint density at radius 1 is 1.00 bits per heavy atom. The van der Waals surface area contributed by atoms with E-state index in [9.17, 15) is 0 Å². The van der Waals surface area contributed by atoms with Crippen LogP contribution in [0.3, 0.4) is 0 Å². The molecule has 0 aliphatic carbocycles. The number of rotatable bonds is 6. The minimum atomic E-state index is 0.565. The van der Waals surface area contributed by atoms with Gasteiger partial charge in [0.1, 0.15) is 0 Å². The maximum atomic E-state index is 5.77. The maximum absolute atomic E-state index is 5.77. The van der Waals surface area contributed by atoms with E-state index in [0.29, 0.717) is 13.1 Å². The Morgan fingerprint density at radius 3 is 2.43 bits per heavy atom. The molecule has 0 saturated heterocycles. The molecule has 2 aromatic carbocycles. The van der Waals surface area contributed by atoms with Gasteiger partial charge in [-0.05, 0) is 12.5 Å². The topological polar surface area (TPSA) is 56.7 Å². The first kappa shape index (κ1) is 15.8. The lowest BCUT2D eigenvalue weighted by atomic mass is 10.2. The second-order valence-corrected chi connectivity index (χ2v) is 6.33. The van der Waals surface area contributed by atoms with Crippen LogP contribution in [0, 0.1) is 6.92 Å². The van der Waals surface area contributed by atoms with Crippen molar-refractivity contribution in [3.05, 3.63) is 65.7 Å². The molecule has 1 aromatic heterocycles. The zero-order chi connectivity index (χ0) is 16.1. The first-order chi connectivity index (χ1) is 11.3. The normalized spacial score (nSPS) is 10.9. The highest BCUT2D eigenvalue weighted by molar-refractivity contribution is 7.98. The fourth-order valence-electron chi connectivity index (χ4n) is 2.36. The summed E-state index contributed by atoms with van der Waals surface area (Å²) < 4.78 is 2.11. The molecule has 1 heterocycles. The molecule has 0 bridgehead atoms. The molecule has 5 heteroatoms. The van der Waals surface area contributed by atoms with Crippen LogP contribution >= 0.6 is 11.8 Å². The van der Waals surface area contributed by atoms with Gasteiger partial charge in [-0.3, -0.25) is 0 Å². The summed E-state index contributed by atoms with van der Waals surface area (Å²) in [5.74, 6) is 1.75. The van der Waals surface area contributed by atoms with Crippen LogP contribution in [0.4, 0.5) is 0 Å². The monoisotopic (exact) mass is 324 g/mol. The van der Waals surface area contributed by atoms with Crippen molar-refractivity contribution in [2.45, 2.75) is 24.4 Å². The molecule has 23 heavy (non-hydrogen) atoms. The van der Waals surface area contributed by atoms with Gasteiger partial charge in [0.25, 0.3) is 0 Å². The number of hydrogen-bond donors (Lipinski definition) is 1. The molecule has 4 nitrogen and oxygen atoms in total. The highest BCUT2D eigenvalue weighted by Crippen LogP contribution is 2.26. The van der Waals surface area contributed by atoms with E-state index in [1.54, 1.807) is 11.8 Å². The molecule has 3 aromatic rings. The minimum Gasteiger partial charge on any atom is -0.329 e. The molecule has 0 spiro atoms. The van der Waals surface area contributed by atoms with E-state index in [0.717, 1.165) is 22.3 Å². The number of nitrogens with two attached hydrogens (primary N) is 1. The van der Waals surface area contributed by atoms with Crippen molar-refractivity contribution < 1.29 is 0 Å². The molecular formula is C18H20N4S. The van der Waals surface area contributed by atoms with Crippen LogP contribution in [0.15, 0.2) is 59.8 Å². The van der Waals surface area contributed by atoms with Gasteiger partial charge in [0, 0.05) is 24.4 Å². The van der Waals surface area contributed by atoms with E-state index < -0.39 is 0 Å². The number of benzene rings is 2. The van der Waals surface area contributed by atoms with Gasteiger partial charge in [0.2, 0.25) is 0 Å². The van der Waals surface area contributed by atoms with Crippen LogP contribution in [0.5, 0.6) is 0 Å². The molecule has 118 valence electrons. The van der Waals surface area contributed by atoms with Gasteiger partial charge in [0.05, 0.1) is 0 Å². The predicted molar refractivity (Wildman–Crippen MR) is 95.3 cm³/mol. The van der Waals surface area contributed by atoms with Crippen molar-refractivity contribution >= 4 is 11.8 Å².